The van der Waals surface area contributed by atoms with Crippen molar-refractivity contribution in [1.82, 2.24) is 10.6 Å². The summed E-state index contributed by atoms with van der Waals surface area (Å²) in [7, 11) is 0. The van der Waals surface area contributed by atoms with E-state index in [2.05, 4.69) is 5.32 Å². The monoisotopic (exact) mass is 334 g/mol. The summed E-state index contributed by atoms with van der Waals surface area (Å²) >= 11 is 0. The fourth-order valence-electron chi connectivity index (χ4n) is 1.75. The quantitative estimate of drug-likeness (QED) is 0.781. The van der Waals surface area contributed by atoms with Crippen molar-refractivity contribution in [3.8, 4) is 0 Å². The first kappa shape index (κ1) is 17.2. The fourth-order valence-corrected chi connectivity index (χ4v) is 1.75. The number of furan rings is 1. The number of amides is 3. The van der Waals surface area contributed by atoms with E-state index in [1.807, 2.05) is 5.32 Å². The van der Waals surface area contributed by atoms with Crippen molar-refractivity contribution in [2.45, 2.75) is 13.0 Å². The van der Waals surface area contributed by atoms with E-state index in [4.69, 9.17) is 9.15 Å². The Labute approximate surface area is 136 Å². The molecule has 0 atom stereocenters. The summed E-state index contributed by atoms with van der Waals surface area (Å²) in [6.45, 7) is -0.468. The van der Waals surface area contributed by atoms with Crippen LogP contribution in [0.15, 0.2) is 47.1 Å². The number of esters is 1. The second-order valence-corrected chi connectivity index (χ2v) is 4.77. The summed E-state index contributed by atoms with van der Waals surface area (Å²) in [4.78, 5) is 34.5. The molecule has 2 N–H and O–H groups in total. The maximum atomic E-state index is 12.7. The van der Waals surface area contributed by atoms with Gasteiger partial charge in [-0.05, 0) is 29.8 Å². The fraction of sp³-hybridized carbons (Fsp3) is 0.188. The lowest BCUT2D eigenvalue weighted by atomic mass is 10.1. The Morgan fingerprint density at radius 2 is 1.88 bits per heavy atom. The number of nitrogens with one attached hydrogen (secondary N) is 2. The van der Waals surface area contributed by atoms with Gasteiger partial charge in [0.15, 0.2) is 6.61 Å². The molecule has 7 nitrogen and oxygen atoms in total. The maximum Gasteiger partial charge on any atom is 0.321 e. The highest BCUT2D eigenvalue weighted by atomic mass is 19.1. The van der Waals surface area contributed by atoms with Crippen LogP contribution >= 0.6 is 0 Å². The van der Waals surface area contributed by atoms with Crippen molar-refractivity contribution < 1.29 is 27.9 Å². The van der Waals surface area contributed by atoms with E-state index in [1.165, 1.54) is 30.5 Å². The number of benzene rings is 1. The number of rotatable bonds is 6. The number of hydrogen-bond acceptors (Lipinski definition) is 5. The van der Waals surface area contributed by atoms with Gasteiger partial charge < -0.3 is 14.5 Å². The first-order valence-corrected chi connectivity index (χ1v) is 7.03. The van der Waals surface area contributed by atoms with Crippen molar-refractivity contribution in [2.24, 2.45) is 0 Å². The molecule has 8 heteroatoms. The molecular formula is C16H15FN2O5. The first-order valence-electron chi connectivity index (χ1n) is 7.03. The predicted octanol–water partition coefficient (Wildman–Crippen LogP) is 1.53. The van der Waals surface area contributed by atoms with Crippen LogP contribution < -0.4 is 10.6 Å². The zero-order chi connectivity index (χ0) is 17.4. The predicted molar refractivity (Wildman–Crippen MR) is 80.1 cm³/mol. The highest BCUT2D eigenvalue weighted by Crippen LogP contribution is 2.04. The number of imide groups is 1. The normalized spacial score (nSPS) is 10.0. The smallest absolute Gasteiger partial charge is 0.321 e. The highest BCUT2D eigenvalue weighted by molar-refractivity contribution is 5.95. The lowest BCUT2D eigenvalue weighted by molar-refractivity contribution is -0.147. The van der Waals surface area contributed by atoms with Crippen LogP contribution in [0.1, 0.15) is 11.3 Å². The molecule has 0 aliphatic heterocycles. The molecule has 0 saturated heterocycles. The van der Waals surface area contributed by atoms with Gasteiger partial charge in [0.2, 0.25) is 0 Å². The second kappa shape index (κ2) is 8.47. The zero-order valence-corrected chi connectivity index (χ0v) is 12.6. The third kappa shape index (κ3) is 5.91. The minimum Gasteiger partial charge on any atom is -0.467 e. The SMILES string of the molecule is O=C(COC(=O)Cc1ccc(F)cc1)NC(=O)NCc1ccco1. The van der Waals surface area contributed by atoms with Gasteiger partial charge in [0.05, 0.1) is 19.2 Å². The standard InChI is InChI=1S/C16H15FN2O5/c17-12-5-3-11(4-6-12)8-15(21)24-10-14(20)19-16(22)18-9-13-2-1-7-23-13/h1-7H,8-10H2,(H2,18,19,20,22). The van der Waals surface area contributed by atoms with E-state index < -0.39 is 30.3 Å². The molecule has 1 aromatic heterocycles. The lowest BCUT2D eigenvalue weighted by Gasteiger charge is -2.07. The van der Waals surface area contributed by atoms with E-state index in [-0.39, 0.29) is 13.0 Å². The van der Waals surface area contributed by atoms with Crippen molar-refractivity contribution in [3.05, 3.63) is 59.8 Å². The molecule has 0 aliphatic rings. The molecule has 1 aromatic carbocycles. The number of carbonyl (C=O) groups excluding carboxylic acids is 3. The molecule has 2 rings (SSSR count). The Bertz CT molecular complexity index is 698. The molecular weight excluding hydrogens is 319 g/mol. The number of hydrogen-bond donors (Lipinski definition) is 2. The van der Waals surface area contributed by atoms with Crippen LogP contribution in [0.3, 0.4) is 0 Å². The minimum atomic E-state index is -0.764. The van der Waals surface area contributed by atoms with Crippen LogP contribution in [0.5, 0.6) is 0 Å². The molecule has 0 bridgehead atoms. The molecule has 0 fully saturated rings. The summed E-state index contributed by atoms with van der Waals surface area (Å²) < 4.78 is 22.5. The molecule has 1 heterocycles. The van der Waals surface area contributed by atoms with Crippen LogP contribution in [0.4, 0.5) is 9.18 Å². The molecule has 0 aliphatic carbocycles. The highest BCUT2D eigenvalue weighted by Gasteiger charge is 2.11. The molecule has 0 spiro atoms. The molecule has 0 saturated carbocycles. The third-order valence-corrected chi connectivity index (χ3v) is 2.88. The topological polar surface area (TPSA) is 97.6 Å². The number of urea groups is 1. The second-order valence-electron chi connectivity index (χ2n) is 4.77. The Morgan fingerprint density at radius 1 is 1.12 bits per heavy atom. The largest absolute Gasteiger partial charge is 0.467 e. The lowest BCUT2D eigenvalue weighted by Crippen LogP contribution is -2.41. The van der Waals surface area contributed by atoms with E-state index in [0.717, 1.165) is 0 Å². The van der Waals surface area contributed by atoms with Crippen molar-refractivity contribution >= 4 is 17.9 Å². The summed E-state index contributed by atoms with van der Waals surface area (Å²) in [5, 5.41) is 4.42. The van der Waals surface area contributed by atoms with Gasteiger partial charge in [0.1, 0.15) is 11.6 Å². The minimum absolute atomic E-state index is 0.0990. The van der Waals surface area contributed by atoms with Crippen LogP contribution in [0.25, 0.3) is 0 Å². The average Bonchev–Trinajstić information content (AvgIpc) is 3.07. The van der Waals surface area contributed by atoms with E-state index in [9.17, 15) is 18.8 Å². The number of carbonyl (C=O) groups is 3. The van der Waals surface area contributed by atoms with E-state index in [0.29, 0.717) is 11.3 Å². The first-order chi connectivity index (χ1) is 11.5. The summed E-state index contributed by atoms with van der Waals surface area (Å²) in [6.07, 6.45) is 1.36. The van der Waals surface area contributed by atoms with Crippen molar-refractivity contribution in [1.29, 1.82) is 0 Å². The molecule has 24 heavy (non-hydrogen) atoms. The van der Waals surface area contributed by atoms with Gasteiger partial charge in [-0.3, -0.25) is 14.9 Å². The zero-order valence-electron chi connectivity index (χ0n) is 12.6. The molecule has 126 valence electrons. The number of halogens is 1. The van der Waals surface area contributed by atoms with Gasteiger partial charge in [-0.2, -0.15) is 0 Å². The summed E-state index contributed by atoms with van der Waals surface area (Å²) in [5.41, 5.74) is 0.554. The molecule has 3 amide bonds. The van der Waals surface area contributed by atoms with Gasteiger partial charge in [-0.1, -0.05) is 12.1 Å². The number of ether oxygens (including phenoxy) is 1. The average molecular weight is 334 g/mol. The van der Waals surface area contributed by atoms with E-state index in [1.54, 1.807) is 12.1 Å². The van der Waals surface area contributed by atoms with Gasteiger partial charge in [0.25, 0.3) is 5.91 Å². The summed E-state index contributed by atoms with van der Waals surface area (Å²) in [6, 6.07) is 7.93. The van der Waals surface area contributed by atoms with Crippen molar-refractivity contribution in [2.75, 3.05) is 6.61 Å². The maximum absolute atomic E-state index is 12.7. The van der Waals surface area contributed by atoms with Gasteiger partial charge in [-0.25, -0.2) is 9.18 Å². The third-order valence-electron chi connectivity index (χ3n) is 2.88. The van der Waals surface area contributed by atoms with Crippen LogP contribution in [0, 0.1) is 5.82 Å². The van der Waals surface area contributed by atoms with Gasteiger partial charge >= 0.3 is 12.0 Å². The van der Waals surface area contributed by atoms with Crippen LogP contribution in [-0.2, 0) is 27.3 Å². The van der Waals surface area contributed by atoms with Crippen molar-refractivity contribution in [3.63, 3.8) is 0 Å². The van der Waals surface area contributed by atoms with Crippen LogP contribution in [-0.4, -0.2) is 24.5 Å². The Hall–Kier alpha value is -3.16. The Kier molecular flexibility index (Phi) is 6.07. The molecule has 0 unspecified atom stereocenters. The summed E-state index contributed by atoms with van der Waals surface area (Å²) in [5.74, 6) is -1.30. The Balaban J connectivity index is 1.65. The van der Waals surface area contributed by atoms with Crippen LogP contribution in [0.2, 0.25) is 0 Å². The molecule has 2 aromatic rings. The Morgan fingerprint density at radius 3 is 2.54 bits per heavy atom. The van der Waals surface area contributed by atoms with Gasteiger partial charge in [-0.15, -0.1) is 0 Å². The van der Waals surface area contributed by atoms with E-state index >= 15 is 0 Å². The molecule has 0 radical (unpaired) electrons. The van der Waals surface area contributed by atoms with Gasteiger partial charge in [0, 0.05) is 0 Å².